The van der Waals surface area contributed by atoms with Crippen LogP contribution in [0.15, 0.2) is 40.4 Å². The zero-order valence-corrected chi connectivity index (χ0v) is 15.2. The van der Waals surface area contributed by atoms with Gasteiger partial charge in [-0.2, -0.15) is 0 Å². The first-order valence-electron chi connectivity index (χ1n) is 7.95. The highest BCUT2D eigenvalue weighted by atomic mass is 32.2. The molecule has 0 aliphatic heterocycles. The molecule has 0 unspecified atom stereocenters. The van der Waals surface area contributed by atoms with E-state index >= 15 is 0 Å². The highest BCUT2D eigenvalue weighted by Crippen LogP contribution is 2.40. The Hall–Kier alpha value is -1.27. The lowest BCUT2D eigenvalue weighted by molar-refractivity contribution is 0.595. The van der Waals surface area contributed by atoms with Gasteiger partial charge in [0.05, 0.1) is 16.3 Å². The molecule has 1 aromatic heterocycles. The summed E-state index contributed by atoms with van der Waals surface area (Å²) < 4.78 is 26.8. The van der Waals surface area contributed by atoms with E-state index in [1.165, 1.54) is 18.5 Å². The first-order valence-corrected chi connectivity index (χ1v) is 10.6. The highest BCUT2D eigenvalue weighted by molar-refractivity contribution is 7.99. The third-order valence-corrected chi connectivity index (χ3v) is 7.01. The first-order chi connectivity index (χ1) is 11.0. The molecule has 0 spiro atoms. The molecule has 124 valence electrons. The quantitative estimate of drug-likeness (QED) is 0.563. The summed E-state index contributed by atoms with van der Waals surface area (Å²) >= 11 is 1.67. The summed E-state index contributed by atoms with van der Waals surface area (Å²) in [6, 6.07) is 9.28. The number of aryl methyl sites for hydroxylation is 1. The van der Waals surface area contributed by atoms with Crippen molar-refractivity contribution in [3.63, 3.8) is 0 Å². The Bertz CT molecular complexity index is 778. The van der Waals surface area contributed by atoms with Gasteiger partial charge in [0, 0.05) is 17.5 Å². The topological polar surface area (TPSA) is 52.0 Å². The van der Waals surface area contributed by atoms with Crippen LogP contribution in [-0.2, 0) is 9.84 Å². The fourth-order valence-corrected chi connectivity index (χ4v) is 5.23. The van der Waals surface area contributed by atoms with Gasteiger partial charge < -0.3 is 4.57 Å². The number of imidazole rings is 1. The Labute approximate surface area is 142 Å². The number of hydrogen-bond donors (Lipinski definition) is 0. The molecular weight excluding hydrogens is 328 g/mol. The van der Waals surface area contributed by atoms with E-state index in [0.29, 0.717) is 17.4 Å². The van der Waals surface area contributed by atoms with Crippen molar-refractivity contribution in [1.82, 2.24) is 9.55 Å². The van der Waals surface area contributed by atoms with Gasteiger partial charge in [-0.05, 0) is 45.2 Å². The SMILES string of the molecule is Cc1nc(SCCCS(=O)(=O)c2ccccc2)n(C2CC2)c1C. The fourth-order valence-electron chi connectivity index (χ4n) is 2.62. The second-order valence-corrected chi connectivity index (χ2v) is 9.17. The lowest BCUT2D eigenvalue weighted by atomic mass is 10.4. The van der Waals surface area contributed by atoms with Gasteiger partial charge in [0.2, 0.25) is 0 Å². The molecular formula is C17H22N2O2S2. The molecule has 6 heteroatoms. The van der Waals surface area contributed by atoms with Crippen molar-refractivity contribution < 1.29 is 8.42 Å². The molecule has 0 amide bonds. The van der Waals surface area contributed by atoms with Crippen LogP contribution >= 0.6 is 11.8 Å². The summed E-state index contributed by atoms with van der Waals surface area (Å²) in [7, 11) is -3.17. The number of aromatic nitrogens is 2. The number of rotatable bonds is 7. The van der Waals surface area contributed by atoms with Gasteiger partial charge in [-0.15, -0.1) is 0 Å². The number of sulfone groups is 1. The van der Waals surface area contributed by atoms with E-state index in [1.54, 1.807) is 36.0 Å². The van der Waals surface area contributed by atoms with Gasteiger partial charge in [0.15, 0.2) is 15.0 Å². The molecule has 1 aliphatic rings. The summed E-state index contributed by atoms with van der Waals surface area (Å²) in [5.74, 6) is 0.959. The molecule has 0 radical (unpaired) electrons. The minimum Gasteiger partial charge on any atom is -0.320 e. The summed E-state index contributed by atoms with van der Waals surface area (Å²) in [6.07, 6.45) is 3.09. The summed E-state index contributed by atoms with van der Waals surface area (Å²) in [5, 5.41) is 1.04. The summed E-state index contributed by atoms with van der Waals surface area (Å²) in [5.41, 5.74) is 2.32. The molecule has 1 aromatic carbocycles. The molecule has 1 fully saturated rings. The zero-order chi connectivity index (χ0) is 16.4. The molecule has 3 rings (SSSR count). The lowest BCUT2D eigenvalue weighted by Crippen LogP contribution is -2.07. The maximum atomic E-state index is 12.3. The highest BCUT2D eigenvalue weighted by Gasteiger charge is 2.28. The van der Waals surface area contributed by atoms with Gasteiger partial charge in [0.25, 0.3) is 0 Å². The van der Waals surface area contributed by atoms with Crippen LogP contribution in [0.25, 0.3) is 0 Å². The van der Waals surface area contributed by atoms with Crippen LogP contribution < -0.4 is 0 Å². The third-order valence-electron chi connectivity index (χ3n) is 4.16. The number of nitrogens with zero attached hydrogens (tertiary/aromatic N) is 2. The van der Waals surface area contributed by atoms with Crippen molar-refractivity contribution >= 4 is 21.6 Å². The van der Waals surface area contributed by atoms with Crippen molar-refractivity contribution in [3.05, 3.63) is 41.7 Å². The zero-order valence-electron chi connectivity index (χ0n) is 13.5. The average Bonchev–Trinajstić information content (AvgIpc) is 3.32. The Morgan fingerprint density at radius 3 is 2.57 bits per heavy atom. The predicted molar refractivity (Wildman–Crippen MR) is 93.8 cm³/mol. The molecule has 1 saturated carbocycles. The largest absolute Gasteiger partial charge is 0.320 e. The summed E-state index contributed by atoms with van der Waals surface area (Å²) in [4.78, 5) is 5.05. The van der Waals surface area contributed by atoms with Gasteiger partial charge >= 0.3 is 0 Å². The van der Waals surface area contributed by atoms with Crippen LogP contribution in [0, 0.1) is 13.8 Å². The predicted octanol–water partition coefficient (Wildman–Crippen LogP) is 3.79. The lowest BCUT2D eigenvalue weighted by Gasteiger charge is -2.08. The van der Waals surface area contributed by atoms with Crippen LogP contribution in [0.5, 0.6) is 0 Å². The Morgan fingerprint density at radius 1 is 1.22 bits per heavy atom. The van der Waals surface area contributed by atoms with E-state index in [-0.39, 0.29) is 5.75 Å². The van der Waals surface area contributed by atoms with Gasteiger partial charge in [0.1, 0.15) is 0 Å². The number of hydrogen-bond acceptors (Lipinski definition) is 4. The Balaban J connectivity index is 1.57. The van der Waals surface area contributed by atoms with Crippen molar-refractivity contribution in [1.29, 1.82) is 0 Å². The molecule has 0 N–H and O–H groups in total. The van der Waals surface area contributed by atoms with Crippen molar-refractivity contribution in [2.24, 2.45) is 0 Å². The van der Waals surface area contributed by atoms with Crippen molar-refractivity contribution in [2.75, 3.05) is 11.5 Å². The van der Waals surface area contributed by atoms with Gasteiger partial charge in [-0.3, -0.25) is 0 Å². The fraction of sp³-hybridized carbons (Fsp3) is 0.471. The summed E-state index contributed by atoms with van der Waals surface area (Å²) in [6.45, 7) is 4.16. The monoisotopic (exact) mass is 350 g/mol. The molecule has 0 bridgehead atoms. The molecule has 1 heterocycles. The molecule has 2 aromatic rings. The van der Waals surface area contributed by atoms with Crippen LogP contribution in [0.4, 0.5) is 0 Å². The van der Waals surface area contributed by atoms with E-state index in [2.05, 4.69) is 16.5 Å². The van der Waals surface area contributed by atoms with Crippen molar-refractivity contribution in [3.8, 4) is 0 Å². The van der Waals surface area contributed by atoms with E-state index in [1.807, 2.05) is 13.0 Å². The Kier molecular flexibility index (Phi) is 4.82. The van der Waals surface area contributed by atoms with Crippen LogP contribution in [0.1, 0.15) is 36.7 Å². The number of thioether (sulfide) groups is 1. The maximum Gasteiger partial charge on any atom is 0.178 e. The third kappa shape index (κ3) is 3.80. The normalized spacial score (nSPS) is 15.0. The maximum absolute atomic E-state index is 12.3. The average molecular weight is 351 g/mol. The molecule has 0 atom stereocenters. The standard InChI is InChI=1S/C17H22N2O2S2/c1-13-14(2)19(15-9-10-15)17(18-13)22-11-6-12-23(20,21)16-7-4-3-5-8-16/h3-5,7-8,15H,6,9-12H2,1-2H3. The van der Waals surface area contributed by atoms with E-state index in [9.17, 15) is 8.42 Å². The van der Waals surface area contributed by atoms with E-state index in [4.69, 9.17) is 0 Å². The smallest absolute Gasteiger partial charge is 0.178 e. The van der Waals surface area contributed by atoms with E-state index < -0.39 is 9.84 Å². The van der Waals surface area contributed by atoms with Crippen LogP contribution in [0.3, 0.4) is 0 Å². The van der Waals surface area contributed by atoms with Crippen molar-refractivity contribution in [2.45, 2.75) is 49.2 Å². The number of benzene rings is 1. The molecule has 0 saturated heterocycles. The van der Waals surface area contributed by atoms with Crippen LogP contribution in [-0.4, -0.2) is 29.5 Å². The Morgan fingerprint density at radius 2 is 1.91 bits per heavy atom. The molecule has 4 nitrogen and oxygen atoms in total. The van der Waals surface area contributed by atoms with Gasteiger partial charge in [-0.25, -0.2) is 13.4 Å². The minimum absolute atomic E-state index is 0.187. The second-order valence-electron chi connectivity index (χ2n) is 6.00. The molecule has 1 aliphatic carbocycles. The van der Waals surface area contributed by atoms with E-state index in [0.717, 1.165) is 16.6 Å². The van der Waals surface area contributed by atoms with Crippen LogP contribution in [0.2, 0.25) is 0 Å². The second kappa shape index (κ2) is 6.69. The minimum atomic E-state index is -3.17. The van der Waals surface area contributed by atoms with Gasteiger partial charge in [-0.1, -0.05) is 30.0 Å². The molecule has 23 heavy (non-hydrogen) atoms. The first kappa shape index (κ1) is 16.6.